The van der Waals surface area contributed by atoms with Crippen molar-refractivity contribution >= 4 is 5.91 Å². The molecule has 1 amide bonds. The molecule has 1 aliphatic rings. The van der Waals surface area contributed by atoms with Crippen LogP contribution in [0.3, 0.4) is 0 Å². The van der Waals surface area contributed by atoms with Crippen molar-refractivity contribution in [3.05, 3.63) is 0 Å². The van der Waals surface area contributed by atoms with Gasteiger partial charge in [-0.25, -0.2) is 0 Å². The van der Waals surface area contributed by atoms with E-state index in [0.717, 1.165) is 19.4 Å². The van der Waals surface area contributed by atoms with Gasteiger partial charge in [-0.15, -0.1) is 0 Å². The van der Waals surface area contributed by atoms with Gasteiger partial charge in [0.15, 0.2) is 0 Å². The lowest BCUT2D eigenvalue weighted by molar-refractivity contribution is -0.133. The van der Waals surface area contributed by atoms with Crippen LogP contribution in [0.4, 0.5) is 0 Å². The number of hydrogen-bond acceptors (Lipinski definition) is 3. The van der Waals surface area contributed by atoms with Crippen molar-refractivity contribution in [1.29, 1.82) is 0 Å². The molecule has 1 rings (SSSR count). The van der Waals surface area contributed by atoms with Crippen LogP contribution >= 0.6 is 0 Å². The number of nitrogens with zero attached hydrogens (tertiary/aromatic N) is 1. The van der Waals surface area contributed by atoms with Gasteiger partial charge < -0.3 is 15.7 Å². The van der Waals surface area contributed by atoms with Crippen molar-refractivity contribution < 1.29 is 9.90 Å². The van der Waals surface area contributed by atoms with Crippen molar-refractivity contribution in [2.45, 2.75) is 51.3 Å². The highest BCUT2D eigenvalue weighted by molar-refractivity contribution is 5.81. The number of likely N-dealkylation sites (tertiary alicyclic amines) is 1. The van der Waals surface area contributed by atoms with E-state index in [0.29, 0.717) is 6.42 Å². The lowest BCUT2D eigenvalue weighted by Gasteiger charge is -2.27. The van der Waals surface area contributed by atoms with Crippen LogP contribution in [0.25, 0.3) is 0 Å². The first kappa shape index (κ1) is 11.5. The highest BCUT2D eigenvalue weighted by Gasteiger charge is 2.30. The summed E-state index contributed by atoms with van der Waals surface area (Å²) in [6.07, 6.45) is 2.33. The third-order valence-corrected chi connectivity index (χ3v) is 2.66. The lowest BCUT2D eigenvalue weighted by Crippen LogP contribution is -2.45. The Hall–Kier alpha value is -0.610. The van der Waals surface area contributed by atoms with Crippen LogP contribution in [0.1, 0.15) is 33.1 Å². The Morgan fingerprint density at radius 3 is 2.79 bits per heavy atom. The fourth-order valence-corrected chi connectivity index (χ4v) is 2.03. The van der Waals surface area contributed by atoms with Crippen LogP contribution in [-0.4, -0.2) is 40.6 Å². The van der Waals surface area contributed by atoms with Crippen LogP contribution in [0.15, 0.2) is 0 Å². The maximum atomic E-state index is 11.7. The molecule has 3 atom stereocenters. The van der Waals surface area contributed by atoms with Crippen molar-refractivity contribution in [3.63, 3.8) is 0 Å². The summed E-state index contributed by atoms with van der Waals surface area (Å²) in [5.74, 6) is 0.00755. The van der Waals surface area contributed by atoms with Crippen LogP contribution in [0, 0.1) is 0 Å². The molecule has 0 aromatic rings. The molecule has 0 aliphatic carbocycles. The Balaban J connectivity index is 2.55. The molecule has 1 aliphatic heterocycles. The molecule has 3 N–H and O–H groups in total. The molecule has 0 spiro atoms. The van der Waals surface area contributed by atoms with Crippen LogP contribution in [0.2, 0.25) is 0 Å². The Labute approximate surface area is 85.1 Å². The summed E-state index contributed by atoms with van der Waals surface area (Å²) in [6.45, 7) is 4.25. The minimum absolute atomic E-state index is 0.00755. The molecule has 4 heteroatoms. The van der Waals surface area contributed by atoms with E-state index in [1.807, 2.05) is 4.90 Å². The molecule has 1 saturated heterocycles. The number of amides is 1. The highest BCUT2D eigenvalue weighted by Crippen LogP contribution is 2.21. The average Bonchev–Trinajstić information content (AvgIpc) is 2.49. The Morgan fingerprint density at radius 2 is 2.29 bits per heavy atom. The van der Waals surface area contributed by atoms with E-state index in [2.05, 4.69) is 0 Å². The van der Waals surface area contributed by atoms with Crippen molar-refractivity contribution in [2.24, 2.45) is 5.73 Å². The number of carbonyl (C=O) groups excluding carboxylic acids is 1. The molecule has 14 heavy (non-hydrogen) atoms. The molecule has 0 aromatic carbocycles. The molecule has 3 unspecified atom stereocenters. The van der Waals surface area contributed by atoms with E-state index in [1.54, 1.807) is 13.8 Å². The first-order valence-electron chi connectivity index (χ1n) is 5.26. The number of aliphatic hydroxyl groups is 1. The summed E-state index contributed by atoms with van der Waals surface area (Å²) in [7, 11) is 0. The minimum Gasteiger partial charge on any atom is -0.393 e. The van der Waals surface area contributed by atoms with E-state index in [-0.39, 0.29) is 18.1 Å². The third kappa shape index (κ3) is 2.69. The maximum absolute atomic E-state index is 11.7. The van der Waals surface area contributed by atoms with Gasteiger partial charge in [-0.2, -0.15) is 0 Å². The molecule has 0 bridgehead atoms. The summed E-state index contributed by atoms with van der Waals surface area (Å²) in [6, 6.07) is -0.238. The van der Waals surface area contributed by atoms with E-state index in [4.69, 9.17) is 5.73 Å². The average molecular weight is 200 g/mol. The van der Waals surface area contributed by atoms with Crippen LogP contribution in [0.5, 0.6) is 0 Å². The lowest BCUT2D eigenvalue weighted by atomic mass is 10.1. The zero-order valence-electron chi connectivity index (χ0n) is 8.94. The molecule has 82 valence electrons. The number of aliphatic hydroxyl groups excluding tert-OH is 1. The predicted octanol–water partition coefficient (Wildman–Crippen LogP) is 0.0955. The fourth-order valence-electron chi connectivity index (χ4n) is 2.03. The van der Waals surface area contributed by atoms with Gasteiger partial charge in [0.05, 0.1) is 12.1 Å². The molecule has 1 heterocycles. The molecule has 1 fully saturated rings. The summed E-state index contributed by atoms with van der Waals surface area (Å²) in [5.41, 5.74) is 5.56. The van der Waals surface area contributed by atoms with Crippen molar-refractivity contribution in [2.75, 3.05) is 6.54 Å². The van der Waals surface area contributed by atoms with E-state index in [1.165, 1.54) is 0 Å². The summed E-state index contributed by atoms with van der Waals surface area (Å²) >= 11 is 0. The predicted molar refractivity (Wildman–Crippen MR) is 54.7 cm³/mol. The van der Waals surface area contributed by atoms with Gasteiger partial charge in [-0.05, 0) is 33.1 Å². The van der Waals surface area contributed by atoms with Crippen LogP contribution < -0.4 is 5.73 Å². The monoisotopic (exact) mass is 200 g/mol. The number of hydrogen-bond donors (Lipinski definition) is 2. The summed E-state index contributed by atoms with van der Waals surface area (Å²) in [4.78, 5) is 13.5. The Kier molecular flexibility index (Phi) is 3.89. The second kappa shape index (κ2) is 4.75. The zero-order chi connectivity index (χ0) is 10.7. The van der Waals surface area contributed by atoms with Gasteiger partial charge in [0.1, 0.15) is 0 Å². The van der Waals surface area contributed by atoms with E-state index >= 15 is 0 Å². The molecule has 0 radical (unpaired) electrons. The Morgan fingerprint density at radius 1 is 1.64 bits per heavy atom. The number of rotatable bonds is 3. The van der Waals surface area contributed by atoms with Gasteiger partial charge in [-0.3, -0.25) is 4.79 Å². The van der Waals surface area contributed by atoms with E-state index < -0.39 is 6.04 Å². The fraction of sp³-hybridized carbons (Fsp3) is 0.900. The second-order valence-corrected chi connectivity index (χ2v) is 4.20. The molecule has 0 saturated carbocycles. The largest absolute Gasteiger partial charge is 0.393 e. The molecule has 4 nitrogen and oxygen atoms in total. The van der Waals surface area contributed by atoms with Crippen LogP contribution in [-0.2, 0) is 4.79 Å². The summed E-state index contributed by atoms with van der Waals surface area (Å²) in [5, 5.41) is 9.28. The van der Waals surface area contributed by atoms with Gasteiger partial charge in [0.2, 0.25) is 5.91 Å². The van der Waals surface area contributed by atoms with E-state index in [9.17, 15) is 9.90 Å². The zero-order valence-corrected chi connectivity index (χ0v) is 8.94. The number of carbonyl (C=O) groups is 1. The maximum Gasteiger partial charge on any atom is 0.239 e. The first-order chi connectivity index (χ1) is 6.52. The van der Waals surface area contributed by atoms with Gasteiger partial charge in [0.25, 0.3) is 0 Å². The molecule has 0 aromatic heterocycles. The topological polar surface area (TPSA) is 66.6 Å². The highest BCUT2D eigenvalue weighted by atomic mass is 16.3. The van der Waals surface area contributed by atoms with Crippen molar-refractivity contribution in [3.8, 4) is 0 Å². The normalized spacial score (nSPS) is 26.3. The second-order valence-electron chi connectivity index (χ2n) is 4.20. The SMILES string of the molecule is CC(O)CC1CCCN1C(=O)C(C)N. The summed E-state index contributed by atoms with van der Waals surface area (Å²) < 4.78 is 0. The third-order valence-electron chi connectivity index (χ3n) is 2.66. The first-order valence-corrected chi connectivity index (χ1v) is 5.26. The minimum atomic E-state index is -0.426. The van der Waals surface area contributed by atoms with Gasteiger partial charge >= 0.3 is 0 Å². The standard InChI is InChI=1S/C10H20N2O2/c1-7(13)6-9-4-3-5-12(9)10(14)8(2)11/h7-9,13H,3-6,11H2,1-2H3. The smallest absolute Gasteiger partial charge is 0.239 e. The Bertz CT molecular complexity index is 204. The van der Waals surface area contributed by atoms with Gasteiger partial charge in [-0.1, -0.05) is 0 Å². The molecular weight excluding hydrogens is 180 g/mol. The number of nitrogens with two attached hydrogens (primary N) is 1. The molecular formula is C10H20N2O2. The quantitative estimate of drug-likeness (QED) is 0.679. The van der Waals surface area contributed by atoms with Gasteiger partial charge in [0, 0.05) is 12.6 Å². The van der Waals surface area contributed by atoms with Crippen molar-refractivity contribution in [1.82, 2.24) is 4.90 Å².